The van der Waals surface area contributed by atoms with Crippen molar-refractivity contribution in [3.63, 3.8) is 0 Å². The molecule has 1 aromatic heterocycles. The average Bonchev–Trinajstić information content (AvgIpc) is 2.25. The molecule has 2 rings (SSSR count). The molecule has 0 radical (unpaired) electrons. The van der Waals surface area contributed by atoms with Gasteiger partial charge >= 0.3 is 5.69 Å². The summed E-state index contributed by atoms with van der Waals surface area (Å²) in [7, 11) is 0. The first-order chi connectivity index (χ1) is 7.72. The first kappa shape index (κ1) is 10.4. The van der Waals surface area contributed by atoms with E-state index in [4.69, 9.17) is 10.8 Å². The molecule has 0 saturated carbocycles. The smallest absolute Gasteiger partial charge is 0.347 e. The van der Waals surface area contributed by atoms with Crippen molar-refractivity contribution in [1.29, 1.82) is 0 Å². The average molecular weight is 217 g/mol. The quantitative estimate of drug-likeness (QED) is 0.683. The molecule has 5 heteroatoms. The van der Waals surface area contributed by atoms with Gasteiger partial charge in [-0.15, -0.1) is 0 Å². The van der Waals surface area contributed by atoms with Gasteiger partial charge in [0.25, 0.3) is 0 Å². The van der Waals surface area contributed by atoms with Crippen molar-refractivity contribution in [2.24, 2.45) is 0 Å². The molecule has 0 bridgehead atoms. The minimum absolute atomic E-state index is 0.0485. The third-order valence-corrected chi connectivity index (χ3v) is 2.22. The number of H-pyrrole nitrogens is 1. The summed E-state index contributed by atoms with van der Waals surface area (Å²) in [5, 5.41) is 9.41. The number of nitrogens with zero attached hydrogens (tertiary/aromatic N) is 1. The molecule has 0 unspecified atom stereocenters. The maximum Gasteiger partial charge on any atom is 0.347 e. The molecule has 2 aromatic rings. The van der Waals surface area contributed by atoms with Gasteiger partial charge < -0.3 is 15.8 Å². The van der Waals surface area contributed by atoms with Gasteiger partial charge in [0.2, 0.25) is 0 Å². The van der Waals surface area contributed by atoms with E-state index in [1.54, 1.807) is 24.3 Å². The fraction of sp³-hybridized carbons (Fsp3) is 0.0909. The molecule has 1 aromatic carbocycles. The zero-order valence-corrected chi connectivity index (χ0v) is 8.47. The fourth-order valence-corrected chi connectivity index (χ4v) is 1.59. The summed E-state index contributed by atoms with van der Waals surface area (Å²) in [6.07, 6.45) is 3.33. The minimum Gasteiger partial charge on any atom is -0.392 e. The monoisotopic (exact) mass is 217 g/mol. The summed E-state index contributed by atoms with van der Waals surface area (Å²) in [5.41, 5.74) is 6.69. The van der Waals surface area contributed by atoms with Crippen molar-refractivity contribution in [3.05, 3.63) is 40.3 Å². The number of fused-ring (bicyclic) bond motifs is 1. The van der Waals surface area contributed by atoms with Gasteiger partial charge in [-0.2, -0.15) is 4.98 Å². The van der Waals surface area contributed by atoms with Crippen molar-refractivity contribution in [2.75, 3.05) is 12.3 Å². The van der Waals surface area contributed by atoms with Gasteiger partial charge in [-0.25, -0.2) is 4.79 Å². The summed E-state index contributed by atoms with van der Waals surface area (Å²) < 4.78 is 0. The molecule has 0 saturated heterocycles. The molecular weight excluding hydrogens is 206 g/mol. The van der Waals surface area contributed by atoms with E-state index < -0.39 is 5.69 Å². The summed E-state index contributed by atoms with van der Waals surface area (Å²) in [5.74, 6) is 0.192. The number of aliphatic hydroxyl groups excluding tert-OH is 1. The second kappa shape index (κ2) is 4.16. The SMILES string of the molecule is Nc1nc(=O)[nH]c2cccc(/C=C/CO)c12. The molecule has 0 aliphatic carbocycles. The third-order valence-electron chi connectivity index (χ3n) is 2.22. The first-order valence-electron chi connectivity index (χ1n) is 4.78. The predicted octanol–water partition coefficient (Wildman–Crippen LogP) is 0.511. The van der Waals surface area contributed by atoms with Crippen LogP contribution in [0.3, 0.4) is 0 Å². The van der Waals surface area contributed by atoms with Crippen LogP contribution < -0.4 is 11.4 Å². The van der Waals surface area contributed by atoms with Crippen LogP contribution >= 0.6 is 0 Å². The highest BCUT2D eigenvalue weighted by atomic mass is 16.2. The molecule has 0 fully saturated rings. The maximum absolute atomic E-state index is 11.1. The fourth-order valence-electron chi connectivity index (χ4n) is 1.59. The zero-order chi connectivity index (χ0) is 11.5. The lowest BCUT2D eigenvalue weighted by atomic mass is 10.1. The highest BCUT2D eigenvalue weighted by Gasteiger charge is 2.04. The minimum atomic E-state index is -0.465. The number of aliphatic hydroxyl groups is 1. The van der Waals surface area contributed by atoms with Crippen LogP contribution in [-0.2, 0) is 0 Å². The van der Waals surface area contributed by atoms with Crippen molar-refractivity contribution in [1.82, 2.24) is 9.97 Å². The van der Waals surface area contributed by atoms with Gasteiger partial charge in [0.05, 0.1) is 12.1 Å². The Morgan fingerprint density at radius 2 is 2.31 bits per heavy atom. The molecule has 0 amide bonds. The van der Waals surface area contributed by atoms with Gasteiger partial charge in [-0.05, 0) is 11.6 Å². The Morgan fingerprint density at radius 1 is 1.50 bits per heavy atom. The van der Waals surface area contributed by atoms with Crippen LogP contribution in [0.4, 0.5) is 5.82 Å². The van der Waals surface area contributed by atoms with Crippen LogP contribution in [0.2, 0.25) is 0 Å². The normalized spacial score (nSPS) is 11.3. The Labute approximate surface area is 91.3 Å². The number of anilines is 1. The molecular formula is C11H11N3O2. The van der Waals surface area contributed by atoms with Crippen LogP contribution in [0.25, 0.3) is 17.0 Å². The number of rotatable bonds is 2. The van der Waals surface area contributed by atoms with Crippen molar-refractivity contribution >= 4 is 22.8 Å². The Bertz CT molecular complexity index is 602. The second-order valence-electron chi connectivity index (χ2n) is 3.28. The molecule has 0 aliphatic rings. The molecule has 4 N–H and O–H groups in total. The predicted molar refractivity (Wildman–Crippen MR) is 62.9 cm³/mol. The summed E-state index contributed by atoms with van der Waals surface area (Å²) in [6, 6.07) is 5.39. The molecule has 0 aliphatic heterocycles. The van der Waals surface area contributed by atoms with Crippen molar-refractivity contribution in [3.8, 4) is 0 Å². The molecule has 16 heavy (non-hydrogen) atoms. The van der Waals surface area contributed by atoms with E-state index in [-0.39, 0.29) is 12.4 Å². The van der Waals surface area contributed by atoms with Crippen LogP contribution in [-0.4, -0.2) is 21.7 Å². The lowest BCUT2D eigenvalue weighted by Crippen LogP contribution is -2.12. The van der Waals surface area contributed by atoms with Crippen molar-refractivity contribution < 1.29 is 5.11 Å². The lowest BCUT2D eigenvalue weighted by molar-refractivity contribution is 0.343. The van der Waals surface area contributed by atoms with Gasteiger partial charge in [-0.1, -0.05) is 24.3 Å². The number of hydrogen-bond acceptors (Lipinski definition) is 4. The third kappa shape index (κ3) is 1.80. The van der Waals surface area contributed by atoms with Crippen molar-refractivity contribution in [2.45, 2.75) is 0 Å². The second-order valence-corrected chi connectivity index (χ2v) is 3.28. The highest BCUT2D eigenvalue weighted by Crippen LogP contribution is 2.21. The number of nitrogens with two attached hydrogens (primary N) is 1. The molecule has 0 spiro atoms. The summed E-state index contributed by atoms with van der Waals surface area (Å²) >= 11 is 0. The van der Waals surface area contributed by atoms with E-state index in [2.05, 4.69) is 9.97 Å². The summed E-state index contributed by atoms with van der Waals surface area (Å²) in [6.45, 7) is -0.0485. The van der Waals surface area contributed by atoms with E-state index in [0.29, 0.717) is 10.9 Å². The molecule has 1 heterocycles. The standard InChI is InChI=1S/C11H11N3O2/c12-10-9-7(4-2-6-15)3-1-5-8(9)13-11(16)14-10/h1-5,15H,6H2,(H3,12,13,14,16)/b4-2+. The van der Waals surface area contributed by atoms with Gasteiger partial charge in [-0.3, -0.25) is 0 Å². The number of benzene rings is 1. The number of hydrogen-bond donors (Lipinski definition) is 3. The van der Waals surface area contributed by atoms with E-state index in [0.717, 1.165) is 5.56 Å². The van der Waals surface area contributed by atoms with E-state index in [1.807, 2.05) is 6.07 Å². The van der Waals surface area contributed by atoms with Crippen LogP contribution in [0, 0.1) is 0 Å². The Hall–Kier alpha value is -2.14. The lowest BCUT2D eigenvalue weighted by Gasteiger charge is -2.03. The topological polar surface area (TPSA) is 92.0 Å². The molecule has 5 nitrogen and oxygen atoms in total. The summed E-state index contributed by atoms with van der Waals surface area (Å²) in [4.78, 5) is 17.4. The Morgan fingerprint density at radius 3 is 3.06 bits per heavy atom. The van der Waals surface area contributed by atoms with Crippen LogP contribution in [0.15, 0.2) is 29.1 Å². The van der Waals surface area contributed by atoms with Crippen LogP contribution in [0.5, 0.6) is 0 Å². The number of nitrogen functional groups attached to an aromatic ring is 1. The Balaban J connectivity index is 2.76. The first-order valence-corrected chi connectivity index (χ1v) is 4.78. The van der Waals surface area contributed by atoms with Gasteiger partial charge in [0, 0.05) is 5.39 Å². The number of aromatic nitrogens is 2. The van der Waals surface area contributed by atoms with Crippen LogP contribution in [0.1, 0.15) is 5.56 Å². The van der Waals surface area contributed by atoms with Gasteiger partial charge in [0.1, 0.15) is 5.82 Å². The van der Waals surface area contributed by atoms with Gasteiger partial charge in [0.15, 0.2) is 0 Å². The maximum atomic E-state index is 11.1. The van der Waals surface area contributed by atoms with E-state index >= 15 is 0 Å². The number of nitrogens with one attached hydrogen (secondary N) is 1. The molecule has 82 valence electrons. The number of aromatic amines is 1. The Kier molecular flexibility index (Phi) is 2.70. The highest BCUT2D eigenvalue weighted by molar-refractivity contribution is 5.95. The van der Waals surface area contributed by atoms with E-state index in [9.17, 15) is 4.79 Å². The largest absolute Gasteiger partial charge is 0.392 e. The zero-order valence-electron chi connectivity index (χ0n) is 8.47. The molecule has 0 atom stereocenters. The van der Waals surface area contributed by atoms with E-state index in [1.165, 1.54) is 0 Å².